The molecule has 0 aliphatic carbocycles. The molecule has 0 bridgehead atoms. The van der Waals surface area contributed by atoms with E-state index in [4.69, 9.17) is 0 Å². The normalized spacial score (nSPS) is 16.4. The van der Waals surface area contributed by atoms with Crippen LogP contribution >= 0.6 is 11.3 Å². The molecule has 1 aromatic heterocycles. The summed E-state index contributed by atoms with van der Waals surface area (Å²) in [6, 6.07) is 8.60. The van der Waals surface area contributed by atoms with Crippen molar-refractivity contribution in [1.29, 1.82) is 0 Å². The molecule has 134 valence electrons. The molecule has 1 aromatic carbocycles. The van der Waals surface area contributed by atoms with Crippen molar-refractivity contribution in [2.75, 3.05) is 18.4 Å². The SMILES string of the molecule is Cc1ccc(NC(=O)c2cccs2)cc1S(=O)(=O)N1CCCCCC1. The number of nitrogens with zero attached hydrogens (tertiary/aromatic N) is 1. The first-order valence-electron chi connectivity index (χ1n) is 8.44. The van der Waals surface area contributed by atoms with Gasteiger partial charge < -0.3 is 5.32 Å². The monoisotopic (exact) mass is 378 g/mol. The molecule has 2 aromatic rings. The minimum Gasteiger partial charge on any atom is -0.321 e. The van der Waals surface area contributed by atoms with E-state index >= 15 is 0 Å². The summed E-state index contributed by atoms with van der Waals surface area (Å²) < 4.78 is 27.7. The summed E-state index contributed by atoms with van der Waals surface area (Å²) in [5.74, 6) is -0.225. The second-order valence-electron chi connectivity index (χ2n) is 6.23. The Morgan fingerprint density at radius 2 is 1.84 bits per heavy atom. The van der Waals surface area contributed by atoms with Gasteiger partial charge in [0.25, 0.3) is 5.91 Å². The molecule has 0 spiro atoms. The van der Waals surface area contributed by atoms with Crippen molar-refractivity contribution in [1.82, 2.24) is 4.31 Å². The fourth-order valence-electron chi connectivity index (χ4n) is 2.98. The molecule has 2 heterocycles. The van der Waals surface area contributed by atoms with Crippen molar-refractivity contribution < 1.29 is 13.2 Å². The Labute approximate surface area is 152 Å². The van der Waals surface area contributed by atoms with Crippen molar-refractivity contribution >= 4 is 33.0 Å². The van der Waals surface area contributed by atoms with Crippen LogP contribution in [0.25, 0.3) is 0 Å². The largest absolute Gasteiger partial charge is 0.321 e. The number of hydrogen-bond acceptors (Lipinski definition) is 4. The van der Waals surface area contributed by atoms with Crippen LogP contribution in [0.5, 0.6) is 0 Å². The van der Waals surface area contributed by atoms with Crippen LogP contribution in [0.15, 0.2) is 40.6 Å². The lowest BCUT2D eigenvalue weighted by Crippen LogP contribution is -2.32. The molecule has 0 atom stereocenters. The molecule has 0 radical (unpaired) electrons. The molecular formula is C18H22N2O3S2. The topological polar surface area (TPSA) is 66.5 Å². The highest BCUT2D eigenvalue weighted by molar-refractivity contribution is 7.89. The van der Waals surface area contributed by atoms with Gasteiger partial charge in [0.2, 0.25) is 10.0 Å². The maximum atomic E-state index is 13.0. The van der Waals surface area contributed by atoms with Gasteiger partial charge in [-0.1, -0.05) is 25.0 Å². The smallest absolute Gasteiger partial charge is 0.265 e. The van der Waals surface area contributed by atoms with Crippen molar-refractivity contribution in [3.05, 3.63) is 46.2 Å². The van der Waals surface area contributed by atoms with Crippen molar-refractivity contribution in [3.8, 4) is 0 Å². The van der Waals surface area contributed by atoms with E-state index in [1.807, 2.05) is 11.4 Å². The van der Waals surface area contributed by atoms with Gasteiger partial charge in [-0.3, -0.25) is 4.79 Å². The second-order valence-corrected chi connectivity index (χ2v) is 9.08. The number of sulfonamides is 1. The number of aryl methyl sites for hydroxylation is 1. The first-order valence-corrected chi connectivity index (χ1v) is 10.8. The lowest BCUT2D eigenvalue weighted by atomic mass is 10.2. The third kappa shape index (κ3) is 4.11. The third-order valence-corrected chi connectivity index (χ3v) is 7.28. The molecule has 3 rings (SSSR count). The average molecular weight is 379 g/mol. The summed E-state index contributed by atoms with van der Waals surface area (Å²) >= 11 is 1.35. The number of rotatable bonds is 4. The molecule has 0 unspecified atom stereocenters. The van der Waals surface area contributed by atoms with Crippen LogP contribution < -0.4 is 5.32 Å². The predicted octanol–water partition coefficient (Wildman–Crippen LogP) is 3.87. The van der Waals surface area contributed by atoms with Gasteiger partial charge in [0.05, 0.1) is 9.77 Å². The maximum Gasteiger partial charge on any atom is 0.265 e. The molecule has 7 heteroatoms. The summed E-state index contributed by atoms with van der Waals surface area (Å²) in [7, 11) is -3.54. The predicted molar refractivity (Wildman–Crippen MR) is 101 cm³/mol. The number of hydrogen-bond donors (Lipinski definition) is 1. The Morgan fingerprint density at radius 3 is 2.48 bits per heavy atom. The molecule has 1 saturated heterocycles. The minimum atomic E-state index is -3.54. The van der Waals surface area contributed by atoms with Crippen LogP contribution in [0.3, 0.4) is 0 Å². The van der Waals surface area contributed by atoms with Crippen LogP contribution in [0, 0.1) is 6.92 Å². The summed E-state index contributed by atoms with van der Waals surface area (Å²) in [6.45, 7) is 2.91. The number of nitrogens with one attached hydrogen (secondary N) is 1. The molecule has 1 aliphatic rings. The van der Waals surface area contributed by atoms with Gasteiger partial charge >= 0.3 is 0 Å². The van der Waals surface area contributed by atoms with Gasteiger partial charge in [-0.2, -0.15) is 4.31 Å². The Hall–Kier alpha value is -1.70. The molecule has 25 heavy (non-hydrogen) atoms. The zero-order valence-corrected chi connectivity index (χ0v) is 15.8. The quantitative estimate of drug-likeness (QED) is 0.878. The van der Waals surface area contributed by atoms with Crippen molar-refractivity contribution in [2.24, 2.45) is 0 Å². The molecule has 1 N–H and O–H groups in total. The lowest BCUT2D eigenvalue weighted by Gasteiger charge is -2.21. The third-order valence-electron chi connectivity index (χ3n) is 4.37. The minimum absolute atomic E-state index is 0.225. The molecule has 1 fully saturated rings. The molecule has 1 aliphatic heterocycles. The van der Waals surface area contributed by atoms with Crippen LogP contribution in [-0.4, -0.2) is 31.7 Å². The summed E-state index contributed by atoms with van der Waals surface area (Å²) in [5, 5.41) is 4.62. The van der Waals surface area contributed by atoms with Crippen LogP contribution in [0.1, 0.15) is 40.9 Å². The van der Waals surface area contributed by atoms with Crippen LogP contribution in [0.2, 0.25) is 0 Å². The molecular weight excluding hydrogens is 356 g/mol. The van der Waals surface area contributed by atoms with Gasteiger partial charge in [0.15, 0.2) is 0 Å². The standard InChI is InChI=1S/C18H22N2O3S2/c1-14-8-9-15(19-18(21)16-7-6-12-24-16)13-17(14)25(22,23)20-10-4-2-3-5-11-20/h6-9,12-13H,2-5,10-11H2,1H3,(H,19,21). The fourth-order valence-corrected chi connectivity index (χ4v) is 5.36. The van der Waals surface area contributed by atoms with Gasteiger partial charge in [-0.05, 0) is 48.9 Å². The Kier molecular flexibility index (Phi) is 5.56. The van der Waals surface area contributed by atoms with Crippen LogP contribution in [0.4, 0.5) is 5.69 Å². The lowest BCUT2D eigenvalue weighted by molar-refractivity contribution is 0.103. The Morgan fingerprint density at radius 1 is 1.12 bits per heavy atom. The number of amides is 1. The first-order chi connectivity index (χ1) is 12.0. The van der Waals surface area contributed by atoms with Gasteiger partial charge in [0.1, 0.15) is 0 Å². The van der Waals surface area contributed by atoms with E-state index in [0.29, 0.717) is 29.2 Å². The highest BCUT2D eigenvalue weighted by Crippen LogP contribution is 2.26. The van der Waals surface area contributed by atoms with Crippen LogP contribution in [-0.2, 0) is 10.0 Å². The first kappa shape index (κ1) is 18.1. The summed E-state index contributed by atoms with van der Waals surface area (Å²) in [6.07, 6.45) is 3.93. The van der Waals surface area contributed by atoms with E-state index in [-0.39, 0.29) is 10.8 Å². The second kappa shape index (κ2) is 7.68. The van der Waals surface area contributed by atoms with E-state index in [0.717, 1.165) is 25.7 Å². The zero-order chi connectivity index (χ0) is 17.9. The van der Waals surface area contributed by atoms with E-state index in [9.17, 15) is 13.2 Å². The highest BCUT2D eigenvalue weighted by atomic mass is 32.2. The molecule has 1 amide bonds. The Balaban J connectivity index is 1.87. The van der Waals surface area contributed by atoms with E-state index in [1.165, 1.54) is 11.3 Å². The molecule has 0 saturated carbocycles. The van der Waals surface area contributed by atoms with Crippen molar-refractivity contribution in [3.63, 3.8) is 0 Å². The average Bonchev–Trinajstić information content (AvgIpc) is 2.98. The maximum absolute atomic E-state index is 13.0. The van der Waals surface area contributed by atoms with Gasteiger partial charge in [-0.25, -0.2) is 8.42 Å². The van der Waals surface area contributed by atoms with E-state index in [1.54, 1.807) is 35.5 Å². The van der Waals surface area contributed by atoms with Gasteiger partial charge in [-0.15, -0.1) is 11.3 Å². The number of thiophene rings is 1. The number of carbonyl (C=O) groups is 1. The van der Waals surface area contributed by atoms with E-state index < -0.39 is 10.0 Å². The molecule has 5 nitrogen and oxygen atoms in total. The van der Waals surface area contributed by atoms with Crippen molar-refractivity contribution in [2.45, 2.75) is 37.5 Å². The number of benzene rings is 1. The number of anilines is 1. The Bertz CT molecular complexity index is 837. The fraction of sp³-hybridized carbons (Fsp3) is 0.389. The summed E-state index contributed by atoms with van der Waals surface area (Å²) in [4.78, 5) is 13.1. The van der Waals surface area contributed by atoms with Gasteiger partial charge in [0, 0.05) is 18.8 Å². The van der Waals surface area contributed by atoms with E-state index in [2.05, 4.69) is 5.32 Å². The summed E-state index contributed by atoms with van der Waals surface area (Å²) in [5.41, 5.74) is 1.19. The number of carbonyl (C=O) groups excluding carboxylic acids is 1. The zero-order valence-electron chi connectivity index (χ0n) is 14.2. The highest BCUT2D eigenvalue weighted by Gasteiger charge is 2.27.